The van der Waals surface area contributed by atoms with Gasteiger partial charge in [-0.2, -0.15) is 0 Å². The maximum Gasteiger partial charge on any atom is 0.283 e. The van der Waals surface area contributed by atoms with E-state index in [4.69, 9.17) is 15.5 Å². The summed E-state index contributed by atoms with van der Waals surface area (Å²) in [7, 11) is 0. The predicted octanol–water partition coefficient (Wildman–Crippen LogP) is 3.46. The second-order valence-corrected chi connectivity index (χ2v) is 13.2. The van der Waals surface area contributed by atoms with E-state index in [1.165, 1.54) is 22.8 Å². The molecule has 2 fully saturated rings. The van der Waals surface area contributed by atoms with Gasteiger partial charge in [0.15, 0.2) is 11.5 Å². The number of anilines is 1. The van der Waals surface area contributed by atoms with Crippen LogP contribution in [0.3, 0.4) is 0 Å². The molecule has 11 nitrogen and oxygen atoms in total. The summed E-state index contributed by atoms with van der Waals surface area (Å²) in [6.07, 6.45) is 5.81. The molecular formula is C30H42N8O3. The van der Waals surface area contributed by atoms with Crippen molar-refractivity contribution in [2.24, 2.45) is 5.92 Å². The Morgan fingerprint density at radius 2 is 1.98 bits per heavy atom. The van der Waals surface area contributed by atoms with E-state index in [0.717, 1.165) is 42.5 Å². The van der Waals surface area contributed by atoms with E-state index in [2.05, 4.69) is 77.7 Å². The Labute approximate surface area is 240 Å². The average molecular weight is 563 g/mol. The monoisotopic (exact) mass is 562 g/mol. The van der Waals surface area contributed by atoms with Gasteiger partial charge in [-0.1, -0.05) is 26.8 Å². The van der Waals surface area contributed by atoms with E-state index in [9.17, 15) is 10.2 Å². The van der Waals surface area contributed by atoms with Gasteiger partial charge >= 0.3 is 0 Å². The number of nitrogens with two attached hydrogens (primary N) is 1. The van der Waals surface area contributed by atoms with Gasteiger partial charge in [-0.3, -0.25) is 9.47 Å². The van der Waals surface area contributed by atoms with Crippen molar-refractivity contribution in [2.75, 3.05) is 12.3 Å². The maximum absolute atomic E-state index is 11.4. The van der Waals surface area contributed by atoms with Crippen molar-refractivity contribution in [3.63, 3.8) is 0 Å². The Morgan fingerprint density at radius 1 is 1.20 bits per heavy atom. The normalized spacial score (nSPS) is 27.0. The molecule has 4 heterocycles. The molecule has 41 heavy (non-hydrogen) atoms. The zero-order chi connectivity index (χ0) is 29.1. The number of hydrogen-bond acceptors (Lipinski definition) is 9. The number of fused-ring (bicyclic) bond motifs is 2. The Balaban J connectivity index is 1.05. The van der Waals surface area contributed by atoms with Crippen LogP contribution in [0.4, 0.5) is 5.82 Å². The first-order valence-electron chi connectivity index (χ1n) is 14.7. The highest BCUT2D eigenvalue weighted by Crippen LogP contribution is 2.39. The number of aromatic amines is 1. The van der Waals surface area contributed by atoms with E-state index >= 15 is 0 Å². The Bertz CT molecular complexity index is 1540. The number of benzene rings is 1. The zero-order valence-corrected chi connectivity index (χ0v) is 24.6. The van der Waals surface area contributed by atoms with Crippen molar-refractivity contribution in [3.8, 4) is 0 Å². The van der Waals surface area contributed by atoms with Crippen LogP contribution >= 0.6 is 0 Å². The van der Waals surface area contributed by atoms with E-state index < -0.39 is 12.0 Å². The molecule has 1 aliphatic heterocycles. The van der Waals surface area contributed by atoms with E-state index in [1.807, 2.05) is 0 Å². The maximum atomic E-state index is 11.4. The van der Waals surface area contributed by atoms with Crippen molar-refractivity contribution >= 4 is 28.0 Å². The third-order valence-electron chi connectivity index (χ3n) is 8.91. The lowest BCUT2D eigenvalue weighted by Gasteiger charge is -2.46. The number of H-pyrrole nitrogens is 1. The molecule has 6 rings (SSSR count). The van der Waals surface area contributed by atoms with Crippen LogP contribution in [-0.2, 0) is 22.5 Å². The summed E-state index contributed by atoms with van der Waals surface area (Å²) in [6, 6.07) is 7.29. The van der Waals surface area contributed by atoms with Gasteiger partial charge in [0.25, 0.3) is 5.91 Å². The summed E-state index contributed by atoms with van der Waals surface area (Å²) in [5.74, 6) is -0.0523. The lowest BCUT2D eigenvalue weighted by atomic mass is 9.76. The molecule has 11 heteroatoms. The second kappa shape index (κ2) is 10.3. The lowest BCUT2D eigenvalue weighted by molar-refractivity contribution is -0.286. The van der Waals surface area contributed by atoms with Crippen molar-refractivity contribution in [1.82, 2.24) is 34.4 Å². The number of rotatable bonds is 8. The number of ether oxygens (including phenoxy) is 1. The Morgan fingerprint density at radius 3 is 2.71 bits per heavy atom. The van der Waals surface area contributed by atoms with Gasteiger partial charge in [0.1, 0.15) is 30.1 Å². The first kappa shape index (κ1) is 28.0. The molecule has 3 unspecified atom stereocenters. The molecule has 1 saturated carbocycles. The first-order valence-corrected chi connectivity index (χ1v) is 14.7. The number of aliphatic hydroxyl groups excluding tert-OH is 1. The number of nitrogens with one attached hydrogen (secondary N) is 1. The molecule has 3 atom stereocenters. The summed E-state index contributed by atoms with van der Waals surface area (Å²) < 4.78 is 7.47. The molecule has 0 bridgehead atoms. The van der Waals surface area contributed by atoms with Gasteiger partial charge < -0.3 is 25.7 Å². The van der Waals surface area contributed by atoms with Crippen LogP contribution in [0.15, 0.2) is 30.9 Å². The molecule has 0 radical (unpaired) electrons. The van der Waals surface area contributed by atoms with Gasteiger partial charge in [-0.05, 0) is 62.1 Å². The number of imidazole rings is 2. The quantitative estimate of drug-likeness (QED) is 0.253. The van der Waals surface area contributed by atoms with Gasteiger partial charge in [0.05, 0.1) is 17.1 Å². The molecule has 1 aromatic carbocycles. The van der Waals surface area contributed by atoms with Crippen molar-refractivity contribution in [3.05, 3.63) is 42.2 Å². The van der Waals surface area contributed by atoms with Crippen LogP contribution < -0.4 is 5.73 Å². The van der Waals surface area contributed by atoms with Crippen LogP contribution in [0.2, 0.25) is 0 Å². The van der Waals surface area contributed by atoms with Crippen LogP contribution in [0, 0.1) is 5.92 Å². The van der Waals surface area contributed by atoms with E-state index in [-0.39, 0.29) is 17.3 Å². The Hall–Kier alpha value is -3.12. The summed E-state index contributed by atoms with van der Waals surface area (Å²) in [5, 5.41) is 22.3. The van der Waals surface area contributed by atoms with Gasteiger partial charge in [-0.25, -0.2) is 19.9 Å². The topological polar surface area (TPSA) is 151 Å². The fourth-order valence-electron chi connectivity index (χ4n) is 6.40. The smallest absolute Gasteiger partial charge is 0.283 e. The minimum Gasteiger partial charge on any atom is -0.385 e. The van der Waals surface area contributed by atoms with Crippen LogP contribution in [0.5, 0.6) is 0 Å². The largest absolute Gasteiger partial charge is 0.385 e. The molecule has 1 aliphatic carbocycles. The molecule has 2 aliphatic rings. The third-order valence-corrected chi connectivity index (χ3v) is 8.91. The highest BCUT2D eigenvalue weighted by Gasteiger charge is 2.50. The van der Waals surface area contributed by atoms with Crippen LogP contribution in [0.25, 0.3) is 22.2 Å². The second-order valence-electron chi connectivity index (χ2n) is 13.2. The highest BCUT2D eigenvalue weighted by atomic mass is 16.7. The van der Waals surface area contributed by atoms with E-state index in [1.54, 1.807) is 0 Å². The summed E-state index contributed by atoms with van der Waals surface area (Å²) in [6.45, 7) is 11.7. The molecule has 220 valence electrons. The van der Waals surface area contributed by atoms with Crippen molar-refractivity contribution in [2.45, 2.75) is 102 Å². The van der Waals surface area contributed by atoms with Crippen LogP contribution in [0.1, 0.15) is 71.7 Å². The first-order chi connectivity index (χ1) is 19.4. The van der Waals surface area contributed by atoms with Crippen LogP contribution in [-0.4, -0.2) is 75.4 Å². The molecule has 1 saturated heterocycles. The molecule has 0 amide bonds. The molecule has 4 aromatic rings. The molecule has 5 N–H and O–H groups in total. The SMILES string of the molecule is CC(C)N(CC1CC(O)C(O)(n2cnc3c(N)ncnc32)O1)C1CC(CCc2nc3ccc(C(C)(C)C)cc3[nH]2)C1. The number of nitrogens with zero attached hydrogens (tertiary/aromatic N) is 6. The predicted molar refractivity (Wildman–Crippen MR) is 157 cm³/mol. The van der Waals surface area contributed by atoms with Crippen molar-refractivity contribution in [1.29, 1.82) is 0 Å². The lowest BCUT2D eigenvalue weighted by Crippen LogP contribution is -2.51. The Kier molecular flexibility index (Phi) is 7.04. The summed E-state index contributed by atoms with van der Waals surface area (Å²) in [4.78, 5) is 23.2. The minimum atomic E-state index is -1.97. The fourth-order valence-corrected chi connectivity index (χ4v) is 6.40. The molecule has 0 spiro atoms. The standard InChI is InChI=1S/C30H42N8O3/c1-17(2)37(14-21-13-24(39)30(40,41-21)38-16-34-26-27(31)32-15-33-28(26)38)20-10-18(11-20)6-9-25-35-22-8-7-19(29(3,4)5)12-23(22)36-25/h7-8,12,15-18,20-21,24,39-40H,6,9-11,13-14H2,1-5H3,(H,35,36)(H2,31,32,33). The molecule has 3 aromatic heterocycles. The number of aliphatic hydroxyl groups is 2. The van der Waals surface area contributed by atoms with E-state index in [0.29, 0.717) is 42.1 Å². The fraction of sp³-hybridized carbons (Fsp3) is 0.600. The molecular weight excluding hydrogens is 520 g/mol. The van der Waals surface area contributed by atoms with Crippen molar-refractivity contribution < 1.29 is 14.9 Å². The minimum absolute atomic E-state index is 0.111. The highest BCUT2D eigenvalue weighted by molar-refractivity contribution is 5.81. The average Bonchev–Trinajstić information content (AvgIpc) is 3.57. The number of aromatic nitrogens is 6. The summed E-state index contributed by atoms with van der Waals surface area (Å²) in [5.41, 5.74) is 10.2. The zero-order valence-electron chi connectivity index (χ0n) is 24.6. The third kappa shape index (κ3) is 5.20. The number of hydrogen-bond donors (Lipinski definition) is 4. The van der Waals surface area contributed by atoms with Gasteiger partial charge in [0, 0.05) is 31.5 Å². The number of aryl methyl sites for hydroxylation is 1. The number of nitrogen functional groups attached to an aromatic ring is 1. The summed E-state index contributed by atoms with van der Waals surface area (Å²) >= 11 is 0. The van der Waals surface area contributed by atoms with Gasteiger partial charge in [-0.15, -0.1) is 0 Å². The van der Waals surface area contributed by atoms with Gasteiger partial charge in [0.2, 0.25) is 0 Å².